The van der Waals surface area contributed by atoms with Crippen molar-refractivity contribution >= 4 is 53.5 Å². The highest BCUT2D eigenvalue weighted by molar-refractivity contribution is 9.11. The molecule has 0 aliphatic carbocycles. The molecule has 0 amide bonds. The van der Waals surface area contributed by atoms with Crippen LogP contribution < -0.4 is 4.74 Å². The molecule has 19 heavy (non-hydrogen) atoms. The smallest absolute Gasteiger partial charge is 0.271 e. The third-order valence-electron chi connectivity index (χ3n) is 2.12. The second-order valence-electron chi connectivity index (χ2n) is 3.39. The van der Waals surface area contributed by atoms with Crippen molar-refractivity contribution in [3.8, 4) is 11.6 Å². The summed E-state index contributed by atoms with van der Waals surface area (Å²) in [6, 6.07) is 6.29. The lowest BCUT2D eigenvalue weighted by Gasteiger charge is -2.09. The molecule has 0 saturated heterocycles. The highest BCUT2D eigenvalue weighted by Crippen LogP contribution is 2.40. The minimum absolute atomic E-state index is 0.0359. The van der Waals surface area contributed by atoms with E-state index in [4.69, 9.17) is 4.74 Å². The van der Waals surface area contributed by atoms with Crippen LogP contribution in [0, 0.1) is 10.1 Å². The van der Waals surface area contributed by atoms with Gasteiger partial charge in [0.1, 0.15) is 0 Å². The van der Waals surface area contributed by atoms with Gasteiger partial charge in [0.25, 0.3) is 5.69 Å². The van der Waals surface area contributed by atoms with E-state index in [2.05, 4.69) is 52.8 Å². The Bertz CT molecular complexity index is 626. The molecule has 5 nitrogen and oxygen atoms in total. The van der Waals surface area contributed by atoms with Crippen molar-refractivity contribution in [2.75, 3.05) is 0 Å². The fourth-order valence-corrected chi connectivity index (χ4v) is 2.95. The number of non-ortho nitro benzene ring substituents is 1. The number of halogens is 3. The molecule has 8 heteroatoms. The standard InChI is InChI=1S/C11H5Br3N2O3/c12-7-2-1-3-15-11(7)19-10-8(13)4-6(16(17)18)5-9(10)14/h1-5H. The molecule has 0 N–H and O–H groups in total. The van der Waals surface area contributed by atoms with Crippen molar-refractivity contribution in [3.05, 3.63) is 54.0 Å². The fourth-order valence-electron chi connectivity index (χ4n) is 1.29. The third-order valence-corrected chi connectivity index (χ3v) is 3.90. The molecule has 0 aliphatic rings. The first kappa shape index (κ1) is 14.4. The largest absolute Gasteiger partial charge is 0.435 e. The summed E-state index contributed by atoms with van der Waals surface area (Å²) < 4.78 is 7.25. The first-order valence-corrected chi connectivity index (χ1v) is 7.28. The molecule has 1 heterocycles. The lowest BCUT2D eigenvalue weighted by atomic mass is 10.3. The molecule has 0 unspecified atom stereocenters. The quantitative estimate of drug-likeness (QED) is 0.481. The minimum atomic E-state index is -0.476. The molecular formula is C11H5Br3N2O3. The summed E-state index contributed by atoms with van der Waals surface area (Å²) in [7, 11) is 0. The molecule has 2 rings (SSSR count). The van der Waals surface area contributed by atoms with Crippen molar-refractivity contribution in [1.82, 2.24) is 4.98 Å². The molecule has 1 aromatic carbocycles. The van der Waals surface area contributed by atoms with Crippen LogP contribution in [0.2, 0.25) is 0 Å². The first-order chi connectivity index (χ1) is 8.99. The number of hydrogen-bond acceptors (Lipinski definition) is 4. The zero-order valence-electron chi connectivity index (χ0n) is 9.14. The van der Waals surface area contributed by atoms with Crippen LogP contribution in [-0.4, -0.2) is 9.91 Å². The number of hydrogen-bond donors (Lipinski definition) is 0. The lowest BCUT2D eigenvalue weighted by molar-refractivity contribution is -0.385. The Morgan fingerprint density at radius 3 is 2.32 bits per heavy atom. The maximum atomic E-state index is 10.7. The van der Waals surface area contributed by atoms with Crippen LogP contribution in [0.1, 0.15) is 0 Å². The third kappa shape index (κ3) is 3.31. The number of pyridine rings is 1. The van der Waals surface area contributed by atoms with E-state index in [1.807, 2.05) is 0 Å². The topological polar surface area (TPSA) is 65.3 Å². The van der Waals surface area contributed by atoms with E-state index < -0.39 is 4.92 Å². The van der Waals surface area contributed by atoms with E-state index in [1.165, 1.54) is 12.1 Å². The molecular weight excluding hydrogens is 448 g/mol. The van der Waals surface area contributed by atoms with Gasteiger partial charge in [-0.3, -0.25) is 10.1 Å². The van der Waals surface area contributed by atoms with Gasteiger partial charge >= 0.3 is 0 Å². The second-order valence-corrected chi connectivity index (χ2v) is 5.95. The number of ether oxygens (including phenoxy) is 1. The average Bonchev–Trinajstić information content (AvgIpc) is 2.35. The van der Waals surface area contributed by atoms with Crippen LogP contribution in [0.15, 0.2) is 43.9 Å². The molecule has 0 spiro atoms. The molecule has 0 atom stereocenters. The Labute approximate surface area is 133 Å². The molecule has 0 radical (unpaired) electrons. The zero-order chi connectivity index (χ0) is 14.0. The van der Waals surface area contributed by atoms with Crippen LogP contribution in [0.5, 0.6) is 11.6 Å². The van der Waals surface area contributed by atoms with Crippen LogP contribution in [0.4, 0.5) is 5.69 Å². The van der Waals surface area contributed by atoms with E-state index >= 15 is 0 Å². The predicted molar refractivity (Wildman–Crippen MR) is 80.5 cm³/mol. The number of nitro benzene ring substituents is 1. The van der Waals surface area contributed by atoms with Crippen molar-refractivity contribution in [1.29, 1.82) is 0 Å². The molecule has 0 saturated carbocycles. The summed E-state index contributed by atoms with van der Waals surface area (Å²) in [5.74, 6) is 0.794. The van der Waals surface area contributed by atoms with Gasteiger partial charge in [0.05, 0.1) is 18.3 Å². The number of aromatic nitrogens is 1. The highest BCUT2D eigenvalue weighted by atomic mass is 79.9. The highest BCUT2D eigenvalue weighted by Gasteiger charge is 2.16. The van der Waals surface area contributed by atoms with Gasteiger partial charge in [0.2, 0.25) is 5.88 Å². The predicted octanol–water partition coefficient (Wildman–Crippen LogP) is 5.07. The average molecular weight is 453 g/mol. The van der Waals surface area contributed by atoms with Crippen LogP contribution in [-0.2, 0) is 0 Å². The fraction of sp³-hybridized carbons (Fsp3) is 0. The van der Waals surface area contributed by atoms with Crippen LogP contribution in [0.25, 0.3) is 0 Å². The summed E-state index contributed by atoms with van der Waals surface area (Å²) in [5.41, 5.74) is -0.0359. The van der Waals surface area contributed by atoms with Crippen molar-refractivity contribution in [2.24, 2.45) is 0 Å². The van der Waals surface area contributed by atoms with E-state index in [0.717, 1.165) is 0 Å². The Morgan fingerprint density at radius 1 is 1.16 bits per heavy atom. The summed E-state index contributed by atoms with van der Waals surface area (Å²) in [5, 5.41) is 10.7. The Kier molecular flexibility index (Phi) is 4.54. The summed E-state index contributed by atoms with van der Waals surface area (Å²) in [6.07, 6.45) is 1.59. The van der Waals surface area contributed by atoms with Gasteiger partial charge < -0.3 is 4.74 Å². The monoisotopic (exact) mass is 450 g/mol. The number of nitro groups is 1. The maximum absolute atomic E-state index is 10.7. The van der Waals surface area contributed by atoms with Crippen LogP contribution in [0.3, 0.4) is 0 Å². The van der Waals surface area contributed by atoms with Crippen molar-refractivity contribution in [3.63, 3.8) is 0 Å². The van der Waals surface area contributed by atoms with Crippen LogP contribution >= 0.6 is 47.8 Å². The second kappa shape index (κ2) is 5.98. The van der Waals surface area contributed by atoms with Crippen molar-refractivity contribution < 1.29 is 9.66 Å². The van der Waals surface area contributed by atoms with Gasteiger partial charge in [-0.1, -0.05) is 0 Å². The minimum Gasteiger partial charge on any atom is -0.435 e. The SMILES string of the molecule is O=[N+]([O-])c1cc(Br)c(Oc2ncccc2Br)c(Br)c1. The molecule has 98 valence electrons. The van der Waals surface area contributed by atoms with Crippen molar-refractivity contribution in [2.45, 2.75) is 0 Å². The Morgan fingerprint density at radius 2 is 1.79 bits per heavy atom. The number of nitrogens with zero attached hydrogens (tertiary/aromatic N) is 2. The first-order valence-electron chi connectivity index (χ1n) is 4.91. The molecule has 0 bridgehead atoms. The van der Waals surface area contributed by atoms with Gasteiger partial charge in [0.15, 0.2) is 5.75 Å². The normalized spacial score (nSPS) is 10.3. The molecule has 2 aromatic rings. The maximum Gasteiger partial charge on any atom is 0.271 e. The Hall–Kier alpha value is -0.990. The number of benzene rings is 1. The Balaban J connectivity index is 2.42. The summed E-state index contributed by atoms with van der Waals surface area (Å²) in [4.78, 5) is 14.3. The van der Waals surface area contributed by atoms with Gasteiger partial charge in [-0.05, 0) is 59.9 Å². The van der Waals surface area contributed by atoms with E-state index in [9.17, 15) is 10.1 Å². The van der Waals surface area contributed by atoms with Gasteiger partial charge in [-0.2, -0.15) is 0 Å². The zero-order valence-corrected chi connectivity index (χ0v) is 13.9. The van der Waals surface area contributed by atoms with Gasteiger partial charge in [-0.25, -0.2) is 4.98 Å². The van der Waals surface area contributed by atoms with E-state index in [0.29, 0.717) is 25.0 Å². The molecule has 0 fully saturated rings. The lowest BCUT2D eigenvalue weighted by Crippen LogP contribution is -1.93. The molecule has 1 aromatic heterocycles. The summed E-state index contributed by atoms with van der Waals surface area (Å²) in [6.45, 7) is 0. The van der Waals surface area contributed by atoms with Gasteiger partial charge in [-0.15, -0.1) is 0 Å². The van der Waals surface area contributed by atoms with E-state index in [1.54, 1.807) is 18.3 Å². The van der Waals surface area contributed by atoms with E-state index in [-0.39, 0.29) is 5.69 Å². The van der Waals surface area contributed by atoms with Gasteiger partial charge in [0, 0.05) is 18.3 Å². The molecule has 0 aliphatic heterocycles. The summed E-state index contributed by atoms with van der Waals surface area (Å²) >= 11 is 9.81. The number of rotatable bonds is 3.